The first kappa shape index (κ1) is 55.7. The quantitative estimate of drug-likeness (QED) is 0.0149. The van der Waals surface area contributed by atoms with Gasteiger partial charge in [0, 0.05) is 12.8 Å². The van der Waals surface area contributed by atoms with E-state index in [2.05, 4.69) is 56.4 Å². The average molecular weight is 836 g/mol. The Balaban J connectivity index is 4.26. The van der Waals surface area contributed by atoms with Crippen LogP contribution >= 0.6 is 7.82 Å². The summed E-state index contributed by atoms with van der Waals surface area (Å²) in [4.78, 5) is 37.6. The van der Waals surface area contributed by atoms with Crippen LogP contribution in [0, 0.1) is 0 Å². The number of phosphoric acid groups is 1. The van der Waals surface area contributed by atoms with Crippen molar-refractivity contribution in [3.63, 3.8) is 0 Å². The third-order valence-electron chi connectivity index (χ3n) is 9.59. The van der Waals surface area contributed by atoms with Gasteiger partial charge in [0.1, 0.15) is 19.8 Å². The first-order valence-corrected chi connectivity index (χ1v) is 24.5. The molecule has 0 aliphatic rings. The largest absolute Gasteiger partial charge is 0.756 e. The van der Waals surface area contributed by atoms with Gasteiger partial charge in [-0.2, -0.15) is 0 Å². The summed E-state index contributed by atoms with van der Waals surface area (Å²) in [6.07, 6.45) is 48.3. The number of hydrogen-bond donors (Lipinski definition) is 0. The minimum absolute atomic E-state index is 0.0371. The molecule has 0 N–H and O–H groups in total. The molecule has 0 aliphatic carbocycles. The molecule has 0 aromatic carbocycles. The standard InChI is InChI=1S/C48H86NO8P/c1-6-8-10-12-14-16-18-20-21-22-23-24-25-26-27-29-30-32-34-36-38-40-47(50)54-44-46(45-56-58(52,53)55-43-42-49(3,4)5)57-48(51)41-39-37-35-33-31-28-19-17-15-13-11-9-7-2/h8-11,13-17,19,46H,6-7,12,18,20-45H2,1-5H3/b10-8+,11-9+,15-13+,16-14+,19-17+. The topological polar surface area (TPSA) is 111 Å². The fraction of sp³-hybridized carbons (Fsp3) is 0.750. The van der Waals surface area contributed by atoms with Crippen molar-refractivity contribution >= 4 is 19.8 Å². The predicted octanol–water partition coefficient (Wildman–Crippen LogP) is 12.6. The number of rotatable bonds is 41. The minimum atomic E-state index is -4.63. The Hall–Kier alpha value is -2.29. The van der Waals surface area contributed by atoms with E-state index >= 15 is 0 Å². The number of ether oxygens (including phenoxy) is 2. The maximum Gasteiger partial charge on any atom is 0.306 e. The molecule has 2 unspecified atom stereocenters. The summed E-state index contributed by atoms with van der Waals surface area (Å²) in [5, 5.41) is 0. The summed E-state index contributed by atoms with van der Waals surface area (Å²) in [6.45, 7) is 3.96. The van der Waals surface area contributed by atoms with E-state index in [1.807, 2.05) is 39.4 Å². The van der Waals surface area contributed by atoms with E-state index in [9.17, 15) is 19.0 Å². The molecule has 0 saturated heterocycles. The zero-order chi connectivity index (χ0) is 42.8. The lowest BCUT2D eigenvalue weighted by molar-refractivity contribution is -0.870. The Labute approximate surface area is 356 Å². The van der Waals surface area contributed by atoms with Crippen LogP contribution in [0.2, 0.25) is 0 Å². The van der Waals surface area contributed by atoms with Gasteiger partial charge in [0.25, 0.3) is 7.82 Å². The third kappa shape index (κ3) is 43.3. The number of esters is 2. The Morgan fingerprint density at radius 1 is 0.552 bits per heavy atom. The van der Waals surface area contributed by atoms with Crippen LogP contribution in [0.4, 0.5) is 0 Å². The molecule has 9 nitrogen and oxygen atoms in total. The lowest BCUT2D eigenvalue weighted by atomic mass is 10.0. The molecule has 58 heavy (non-hydrogen) atoms. The van der Waals surface area contributed by atoms with Crippen LogP contribution < -0.4 is 4.89 Å². The van der Waals surface area contributed by atoms with E-state index in [4.69, 9.17) is 18.5 Å². The number of carbonyl (C=O) groups excluding carboxylic acids is 2. The third-order valence-corrected chi connectivity index (χ3v) is 10.6. The molecule has 336 valence electrons. The van der Waals surface area contributed by atoms with Gasteiger partial charge < -0.3 is 27.9 Å². The van der Waals surface area contributed by atoms with E-state index in [0.717, 1.165) is 70.6 Å². The number of carbonyl (C=O) groups is 2. The first-order chi connectivity index (χ1) is 28.0. The number of quaternary nitrogens is 1. The summed E-state index contributed by atoms with van der Waals surface area (Å²) in [5.74, 6) is -0.860. The Bertz CT molecular complexity index is 1170. The molecular weight excluding hydrogens is 750 g/mol. The number of likely N-dealkylation sites (N-methyl/N-ethyl adjacent to an activating group) is 1. The molecule has 0 aliphatic heterocycles. The van der Waals surface area contributed by atoms with Crippen molar-refractivity contribution in [2.24, 2.45) is 0 Å². The number of hydrogen-bond acceptors (Lipinski definition) is 8. The van der Waals surface area contributed by atoms with E-state index < -0.39 is 32.5 Å². The van der Waals surface area contributed by atoms with Crippen LogP contribution in [0.25, 0.3) is 0 Å². The second-order valence-electron chi connectivity index (χ2n) is 16.4. The van der Waals surface area contributed by atoms with E-state index in [0.29, 0.717) is 17.4 Å². The summed E-state index contributed by atoms with van der Waals surface area (Å²) in [5.41, 5.74) is 0. The van der Waals surface area contributed by atoms with Crippen LogP contribution in [0.5, 0.6) is 0 Å². The van der Waals surface area contributed by atoms with Crippen molar-refractivity contribution < 1.29 is 42.1 Å². The van der Waals surface area contributed by atoms with Gasteiger partial charge in [0.15, 0.2) is 6.10 Å². The maximum absolute atomic E-state index is 12.7. The van der Waals surface area contributed by atoms with Crippen molar-refractivity contribution in [1.82, 2.24) is 0 Å². The minimum Gasteiger partial charge on any atom is -0.756 e. The van der Waals surface area contributed by atoms with Gasteiger partial charge in [-0.05, 0) is 57.8 Å². The van der Waals surface area contributed by atoms with E-state index in [1.165, 1.54) is 77.0 Å². The van der Waals surface area contributed by atoms with Gasteiger partial charge in [-0.25, -0.2) is 0 Å². The Morgan fingerprint density at radius 2 is 1.02 bits per heavy atom. The highest BCUT2D eigenvalue weighted by molar-refractivity contribution is 7.45. The normalized spacial score (nSPS) is 14.1. The molecule has 0 fully saturated rings. The smallest absolute Gasteiger partial charge is 0.306 e. The fourth-order valence-corrected chi connectivity index (χ4v) is 6.77. The molecular formula is C48H86NO8P. The Kier molecular flexibility index (Phi) is 38.5. The van der Waals surface area contributed by atoms with E-state index in [1.54, 1.807) is 0 Å². The van der Waals surface area contributed by atoms with Gasteiger partial charge in [0.05, 0.1) is 27.7 Å². The molecule has 2 atom stereocenters. The lowest BCUT2D eigenvalue weighted by Crippen LogP contribution is -2.37. The molecule has 0 bridgehead atoms. The lowest BCUT2D eigenvalue weighted by Gasteiger charge is -2.28. The van der Waals surface area contributed by atoms with Crippen LogP contribution in [-0.2, 0) is 32.7 Å². The molecule has 10 heteroatoms. The van der Waals surface area contributed by atoms with Crippen molar-refractivity contribution in [3.05, 3.63) is 60.8 Å². The first-order valence-electron chi connectivity index (χ1n) is 23.0. The summed E-state index contributed by atoms with van der Waals surface area (Å²) < 4.78 is 33.9. The molecule has 0 saturated carbocycles. The van der Waals surface area contributed by atoms with Crippen LogP contribution in [0.15, 0.2) is 60.8 Å². The molecule has 0 spiro atoms. The van der Waals surface area contributed by atoms with Gasteiger partial charge >= 0.3 is 11.9 Å². The summed E-state index contributed by atoms with van der Waals surface area (Å²) in [7, 11) is 1.14. The van der Waals surface area contributed by atoms with Crippen molar-refractivity contribution in [1.29, 1.82) is 0 Å². The number of nitrogens with zero attached hydrogens (tertiary/aromatic N) is 1. The maximum atomic E-state index is 12.7. The van der Waals surface area contributed by atoms with Gasteiger partial charge in [0.2, 0.25) is 0 Å². The molecule has 0 amide bonds. The SMILES string of the molecule is CC/C=C/C=C/C=C/CCCCCCCC(=O)OC(COC(=O)CCCCCCCCCCCCCCCC/C=C/C/C=C/CC)COP(=O)([O-])OCC[N+](C)(C)C. The van der Waals surface area contributed by atoms with Crippen LogP contribution in [0.3, 0.4) is 0 Å². The predicted molar refractivity (Wildman–Crippen MR) is 240 cm³/mol. The number of phosphoric ester groups is 1. The van der Waals surface area contributed by atoms with Crippen molar-refractivity contribution in [2.75, 3.05) is 47.5 Å². The Morgan fingerprint density at radius 3 is 1.55 bits per heavy atom. The molecule has 0 aromatic rings. The van der Waals surface area contributed by atoms with Gasteiger partial charge in [-0.15, -0.1) is 0 Å². The second-order valence-corrected chi connectivity index (χ2v) is 17.8. The monoisotopic (exact) mass is 836 g/mol. The molecule has 0 radical (unpaired) electrons. The van der Waals surface area contributed by atoms with Gasteiger partial charge in [-0.3, -0.25) is 14.2 Å². The highest BCUT2D eigenvalue weighted by Crippen LogP contribution is 2.38. The highest BCUT2D eigenvalue weighted by Gasteiger charge is 2.21. The average Bonchev–Trinajstić information content (AvgIpc) is 3.17. The fourth-order valence-electron chi connectivity index (χ4n) is 6.05. The summed E-state index contributed by atoms with van der Waals surface area (Å²) >= 11 is 0. The summed E-state index contributed by atoms with van der Waals surface area (Å²) in [6, 6.07) is 0. The molecule has 0 heterocycles. The highest BCUT2D eigenvalue weighted by atomic mass is 31.2. The van der Waals surface area contributed by atoms with Crippen LogP contribution in [0.1, 0.15) is 181 Å². The zero-order valence-electron chi connectivity index (χ0n) is 37.7. The molecule has 0 rings (SSSR count). The van der Waals surface area contributed by atoms with Crippen LogP contribution in [-0.4, -0.2) is 70.0 Å². The van der Waals surface area contributed by atoms with Crippen molar-refractivity contribution in [3.8, 4) is 0 Å². The van der Waals surface area contributed by atoms with Gasteiger partial charge in [-0.1, -0.05) is 171 Å². The molecule has 0 aromatic heterocycles. The second kappa shape index (κ2) is 40.1. The number of unbranched alkanes of at least 4 members (excludes halogenated alkanes) is 19. The van der Waals surface area contributed by atoms with Crippen molar-refractivity contribution in [2.45, 2.75) is 187 Å². The van der Waals surface area contributed by atoms with E-state index in [-0.39, 0.29) is 26.1 Å². The zero-order valence-corrected chi connectivity index (χ0v) is 38.6. The number of allylic oxidation sites excluding steroid dienone is 10.